The monoisotopic (exact) mass is 510 g/mol. The number of aromatic amines is 1. The summed E-state index contributed by atoms with van der Waals surface area (Å²) in [5, 5.41) is 7.60. The van der Waals surface area contributed by atoms with Gasteiger partial charge in [-0.2, -0.15) is 0 Å². The highest BCUT2D eigenvalue weighted by atomic mass is 16.5. The third kappa shape index (κ3) is 5.17. The number of hydrogen-bond acceptors (Lipinski definition) is 2. The second-order valence-corrected chi connectivity index (χ2v) is 10.0. The second kappa shape index (κ2) is 12.2. The van der Waals surface area contributed by atoms with Gasteiger partial charge in [-0.3, -0.25) is 0 Å². The Kier molecular flexibility index (Phi) is 8.82. The highest BCUT2D eigenvalue weighted by Crippen LogP contribution is 2.40. The van der Waals surface area contributed by atoms with E-state index in [-0.39, 0.29) is 11.0 Å². The lowest BCUT2D eigenvalue weighted by atomic mass is 9.93. The van der Waals surface area contributed by atoms with E-state index in [1.807, 2.05) is 0 Å². The van der Waals surface area contributed by atoms with Crippen molar-refractivity contribution in [3.05, 3.63) is 72.8 Å². The fourth-order valence-electron chi connectivity index (χ4n) is 5.60. The average Bonchev–Trinajstić information content (AvgIpc) is 3.38. The highest BCUT2D eigenvalue weighted by molar-refractivity contribution is 6.32. The van der Waals surface area contributed by atoms with Crippen molar-refractivity contribution in [1.29, 1.82) is 0 Å². The van der Waals surface area contributed by atoms with Crippen LogP contribution in [0, 0.1) is 0 Å². The van der Waals surface area contributed by atoms with Crippen LogP contribution in [-0.2, 0) is 0 Å². The van der Waals surface area contributed by atoms with E-state index in [4.69, 9.17) is 9.72 Å². The first kappa shape index (κ1) is 27.4. The molecule has 5 nitrogen and oxygen atoms in total. The number of ether oxygens (including phenoxy) is 1. The van der Waals surface area contributed by atoms with E-state index in [1.54, 1.807) is 0 Å². The van der Waals surface area contributed by atoms with Crippen molar-refractivity contribution in [2.45, 2.75) is 58.3 Å². The summed E-state index contributed by atoms with van der Waals surface area (Å²) >= 11 is 0. The molecule has 6 aromatic rings. The Morgan fingerprint density at radius 2 is 1.26 bits per heavy atom. The van der Waals surface area contributed by atoms with Crippen LogP contribution in [0.15, 0.2) is 72.8 Å². The maximum atomic E-state index is 6.01. The fraction of sp³-hybridized carbons (Fsp3) is 0.303. The molecule has 1 heterocycles. The van der Waals surface area contributed by atoms with Crippen LogP contribution in [0.4, 0.5) is 0 Å². The number of H-pyrrole nitrogens is 1. The Bertz CT molecular complexity index is 1520. The molecule has 1 aromatic heterocycles. The van der Waals surface area contributed by atoms with Crippen molar-refractivity contribution in [2.75, 3.05) is 6.61 Å². The molecule has 0 unspecified atom stereocenters. The fourth-order valence-corrected chi connectivity index (χ4v) is 5.60. The largest absolute Gasteiger partial charge is 0.494 e. The van der Waals surface area contributed by atoms with Crippen LogP contribution in [-0.4, -0.2) is 27.5 Å². The van der Waals surface area contributed by atoms with Gasteiger partial charge in [-0.1, -0.05) is 100 Å². The summed E-state index contributed by atoms with van der Waals surface area (Å²) in [6.07, 6.45) is 10.5. The van der Waals surface area contributed by atoms with Crippen LogP contribution in [0.25, 0.3) is 54.7 Å². The summed E-state index contributed by atoms with van der Waals surface area (Å²) in [6.45, 7) is 3.06. The SMILES string of the molecule is CCCCCCCCCCOc1ccc(-c2nc3c4cccc5ccc6cccc(c3[nH]2)c6c54)cc1.O.O. The van der Waals surface area contributed by atoms with Gasteiger partial charge >= 0.3 is 0 Å². The van der Waals surface area contributed by atoms with Crippen LogP contribution in [0.5, 0.6) is 5.75 Å². The number of nitrogens with zero attached hydrogens (tertiary/aromatic N) is 1. The Labute approximate surface area is 223 Å². The van der Waals surface area contributed by atoms with E-state index < -0.39 is 0 Å². The molecule has 0 radical (unpaired) electrons. The number of hydrogen-bond donors (Lipinski definition) is 1. The molecule has 0 atom stereocenters. The number of nitrogens with one attached hydrogen (secondary N) is 1. The smallest absolute Gasteiger partial charge is 0.138 e. The van der Waals surface area contributed by atoms with Crippen molar-refractivity contribution in [3.8, 4) is 17.1 Å². The number of aromatic nitrogens is 2. The van der Waals surface area contributed by atoms with Gasteiger partial charge in [0.2, 0.25) is 0 Å². The zero-order chi connectivity index (χ0) is 24.3. The zero-order valence-corrected chi connectivity index (χ0v) is 22.1. The molecule has 5 heteroatoms. The molecule has 5 aromatic carbocycles. The Hall–Kier alpha value is -3.67. The molecule has 0 amide bonds. The minimum absolute atomic E-state index is 0. The number of rotatable bonds is 11. The molecule has 0 bridgehead atoms. The first-order chi connectivity index (χ1) is 17.8. The quantitative estimate of drug-likeness (QED) is 0.141. The summed E-state index contributed by atoms with van der Waals surface area (Å²) in [6, 6.07) is 25.9. The maximum absolute atomic E-state index is 6.01. The Balaban J connectivity index is 0.00000168. The van der Waals surface area contributed by atoms with Gasteiger partial charge in [0.05, 0.1) is 17.6 Å². The Morgan fingerprint density at radius 1 is 0.658 bits per heavy atom. The van der Waals surface area contributed by atoms with Gasteiger partial charge in [-0.25, -0.2) is 4.98 Å². The third-order valence-electron chi connectivity index (χ3n) is 7.51. The van der Waals surface area contributed by atoms with Gasteiger partial charge in [0.25, 0.3) is 0 Å². The van der Waals surface area contributed by atoms with Gasteiger partial charge in [-0.15, -0.1) is 0 Å². The van der Waals surface area contributed by atoms with E-state index in [0.717, 1.165) is 41.2 Å². The minimum Gasteiger partial charge on any atom is -0.494 e. The predicted molar refractivity (Wildman–Crippen MR) is 161 cm³/mol. The van der Waals surface area contributed by atoms with Crippen molar-refractivity contribution in [2.24, 2.45) is 0 Å². The summed E-state index contributed by atoms with van der Waals surface area (Å²) in [5.41, 5.74) is 3.22. The topological polar surface area (TPSA) is 101 Å². The first-order valence-electron chi connectivity index (χ1n) is 13.6. The summed E-state index contributed by atoms with van der Waals surface area (Å²) in [7, 11) is 0. The number of benzene rings is 5. The zero-order valence-electron chi connectivity index (χ0n) is 22.1. The van der Waals surface area contributed by atoms with Gasteiger partial charge in [-0.05, 0) is 52.2 Å². The standard InChI is InChI=1S/C33H34N2O.2H2O/c1-2-3-4-5-6-7-8-9-22-36-26-20-18-25(19-21-26)33-34-31-27-14-10-12-23-16-17-24-13-11-15-28(32(31)35-33)30(24)29(23)27;;/h10-21H,2-9,22H2,1H3,(H,34,35);2*1H2. The molecule has 0 aliphatic carbocycles. The lowest BCUT2D eigenvalue weighted by Crippen LogP contribution is -1.97. The van der Waals surface area contributed by atoms with Crippen LogP contribution in [0.2, 0.25) is 0 Å². The van der Waals surface area contributed by atoms with Crippen LogP contribution in [0.1, 0.15) is 58.3 Å². The van der Waals surface area contributed by atoms with E-state index in [1.165, 1.54) is 77.3 Å². The van der Waals surface area contributed by atoms with Crippen LogP contribution < -0.4 is 4.74 Å². The molecule has 0 spiro atoms. The average molecular weight is 511 g/mol. The second-order valence-electron chi connectivity index (χ2n) is 10.0. The molecule has 0 aliphatic rings. The molecule has 38 heavy (non-hydrogen) atoms. The number of fused-ring (bicyclic) bond motifs is 3. The van der Waals surface area contributed by atoms with E-state index in [9.17, 15) is 0 Å². The lowest BCUT2D eigenvalue weighted by Gasteiger charge is -2.11. The van der Waals surface area contributed by atoms with Gasteiger partial charge in [0, 0.05) is 16.3 Å². The molecule has 0 saturated carbocycles. The van der Waals surface area contributed by atoms with Crippen molar-refractivity contribution >= 4 is 43.4 Å². The maximum Gasteiger partial charge on any atom is 0.138 e. The lowest BCUT2D eigenvalue weighted by molar-refractivity contribution is 0.304. The van der Waals surface area contributed by atoms with Gasteiger partial charge in [0.15, 0.2) is 0 Å². The van der Waals surface area contributed by atoms with Crippen LogP contribution in [0.3, 0.4) is 0 Å². The summed E-state index contributed by atoms with van der Waals surface area (Å²) < 4.78 is 6.01. The first-order valence-corrected chi connectivity index (χ1v) is 13.6. The molecule has 0 saturated heterocycles. The van der Waals surface area contributed by atoms with Crippen molar-refractivity contribution in [3.63, 3.8) is 0 Å². The molecule has 5 N–H and O–H groups in total. The van der Waals surface area contributed by atoms with E-state index in [0.29, 0.717) is 0 Å². The number of unbranched alkanes of at least 4 members (excludes halogenated alkanes) is 7. The van der Waals surface area contributed by atoms with Crippen molar-refractivity contribution < 1.29 is 15.7 Å². The van der Waals surface area contributed by atoms with Gasteiger partial charge < -0.3 is 20.7 Å². The van der Waals surface area contributed by atoms with E-state index >= 15 is 0 Å². The molecule has 0 fully saturated rings. The predicted octanol–water partition coefficient (Wildman–Crippen LogP) is 8.00. The highest BCUT2D eigenvalue weighted by Gasteiger charge is 2.16. The van der Waals surface area contributed by atoms with Crippen molar-refractivity contribution in [1.82, 2.24) is 9.97 Å². The Morgan fingerprint density at radius 3 is 1.95 bits per heavy atom. The normalized spacial score (nSPS) is 11.3. The molecular weight excluding hydrogens is 472 g/mol. The minimum atomic E-state index is 0. The summed E-state index contributed by atoms with van der Waals surface area (Å²) in [4.78, 5) is 8.73. The molecule has 198 valence electrons. The molecule has 0 aliphatic heterocycles. The number of imidazole rings is 1. The van der Waals surface area contributed by atoms with Crippen LogP contribution >= 0.6 is 0 Å². The molecule has 6 rings (SSSR count). The molecular formula is C33H38N2O3. The van der Waals surface area contributed by atoms with E-state index in [2.05, 4.69) is 84.7 Å². The third-order valence-corrected chi connectivity index (χ3v) is 7.51. The summed E-state index contributed by atoms with van der Waals surface area (Å²) in [5.74, 6) is 1.83. The van der Waals surface area contributed by atoms with Gasteiger partial charge in [0.1, 0.15) is 11.6 Å².